The fourth-order valence-corrected chi connectivity index (χ4v) is 6.13. The van der Waals surface area contributed by atoms with Crippen molar-refractivity contribution in [3.8, 4) is 5.75 Å². The summed E-state index contributed by atoms with van der Waals surface area (Å²) in [5.41, 5.74) is 1.23. The molecule has 1 saturated heterocycles. The maximum Gasteiger partial charge on any atom is 0.243 e. The van der Waals surface area contributed by atoms with Crippen molar-refractivity contribution in [1.29, 1.82) is 0 Å². The van der Waals surface area contributed by atoms with Crippen LogP contribution in [0.15, 0.2) is 47.4 Å². The molecule has 0 bridgehead atoms. The number of ether oxygens (including phenoxy) is 1. The Morgan fingerprint density at radius 3 is 2.67 bits per heavy atom. The van der Waals surface area contributed by atoms with E-state index >= 15 is 0 Å². The molecule has 2 heterocycles. The molecule has 33 heavy (non-hydrogen) atoms. The molecule has 2 aromatic carbocycles. The molecule has 2 aliphatic rings. The number of likely N-dealkylation sites (N-methyl/N-ethyl adjacent to an activating group) is 1. The number of piperidine rings is 1. The Morgan fingerprint density at radius 2 is 1.94 bits per heavy atom. The lowest BCUT2D eigenvalue weighted by atomic mass is 9.86. The van der Waals surface area contributed by atoms with Gasteiger partial charge in [0.25, 0.3) is 0 Å². The molecule has 4 rings (SSSR count). The van der Waals surface area contributed by atoms with Gasteiger partial charge in [-0.05, 0) is 62.6 Å². The second-order valence-electron chi connectivity index (χ2n) is 9.09. The summed E-state index contributed by atoms with van der Waals surface area (Å²) in [5, 5.41) is 2.87. The van der Waals surface area contributed by atoms with Crippen molar-refractivity contribution in [1.82, 2.24) is 4.31 Å². The lowest BCUT2D eigenvalue weighted by Crippen LogP contribution is -2.43. The fourth-order valence-electron chi connectivity index (χ4n) is 4.58. The summed E-state index contributed by atoms with van der Waals surface area (Å²) >= 11 is 0. The van der Waals surface area contributed by atoms with Crippen LogP contribution in [0.3, 0.4) is 0 Å². The summed E-state index contributed by atoms with van der Waals surface area (Å²) in [5.74, 6) is -0.118. The van der Waals surface area contributed by atoms with Crippen LogP contribution in [0.1, 0.15) is 32.3 Å². The van der Waals surface area contributed by atoms with E-state index in [0.29, 0.717) is 36.4 Å². The molecule has 0 aliphatic carbocycles. The number of carbonyl (C=O) groups excluding carboxylic acids is 2. The van der Waals surface area contributed by atoms with Gasteiger partial charge in [-0.3, -0.25) is 9.59 Å². The molecule has 0 saturated carbocycles. The smallest absolute Gasteiger partial charge is 0.243 e. The third-order valence-corrected chi connectivity index (χ3v) is 8.43. The molecule has 2 amide bonds. The van der Waals surface area contributed by atoms with Crippen LogP contribution >= 0.6 is 0 Å². The molecule has 8 nitrogen and oxygen atoms in total. The number of rotatable bonds is 5. The molecule has 1 fully saturated rings. The van der Waals surface area contributed by atoms with Crippen LogP contribution in [0, 0.1) is 5.92 Å². The second kappa shape index (κ2) is 8.46. The predicted molar refractivity (Wildman–Crippen MR) is 126 cm³/mol. The van der Waals surface area contributed by atoms with Crippen LogP contribution < -0.4 is 15.0 Å². The van der Waals surface area contributed by atoms with Crippen molar-refractivity contribution >= 4 is 33.2 Å². The highest BCUT2D eigenvalue weighted by Gasteiger charge is 2.43. The number of benzene rings is 2. The first kappa shape index (κ1) is 23.3. The molecule has 0 spiro atoms. The van der Waals surface area contributed by atoms with Crippen molar-refractivity contribution in [2.45, 2.75) is 37.0 Å². The van der Waals surface area contributed by atoms with E-state index in [1.807, 2.05) is 0 Å². The first-order valence-electron chi connectivity index (χ1n) is 10.9. The number of methoxy groups -OCH3 is 1. The average Bonchev–Trinajstić information content (AvgIpc) is 2.99. The van der Waals surface area contributed by atoms with Crippen molar-refractivity contribution in [2.75, 3.05) is 37.5 Å². The maximum absolute atomic E-state index is 13.5. The minimum atomic E-state index is -3.82. The van der Waals surface area contributed by atoms with Crippen LogP contribution in [-0.2, 0) is 25.0 Å². The Kier molecular flexibility index (Phi) is 5.96. The van der Waals surface area contributed by atoms with Crippen LogP contribution in [0.5, 0.6) is 5.75 Å². The van der Waals surface area contributed by atoms with Gasteiger partial charge in [0.05, 0.1) is 23.3 Å². The topological polar surface area (TPSA) is 96.0 Å². The number of amides is 2. The first-order chi connectivity index (χ1) is 15.6. The molecule has 2 aliphatic heterocycles. The Hall–Kier alpha value is -2.91. The quantitative estimate of drug-likeness (QED) is 0.723. The normalized spacial score (nSPS) is 20.4. The summed E-state index contributed by atoms with van der Waals surface area (Å²) < 4.78 is 33.5. The lowest BCUT2D eigenvalue weighted by molar-refractivity contribution is -0.122. The Bertz CT molecular complexity index is 1210. The Labute approximate surface area is 194 Å². The van der Waals surface area contributed by atoms with E-state index in [1.165, 1.54) is 4.31 Å². The second-order valence-corrected chi connectivity index (χ2v) is 11.0. The van der Waals surface area contributed by atoms with Crippen LogP contribution in [0.25, 0.3) is 0 Å². The van der Waals surface area contributed by atoms with Gasteiger partial charge in [-0.15, -0.1) is 0 Å². The number of fused-ring (bicyclic) bond motifs is 1. The van der Waals surface area contributed by atoms with E-state index in [9.17, 15) is 18.0 Å². The van der Waals surface area contributed by atoms with E-state index in [4.69, 9.17) is 4.74 Å². The van der Waals surface area contributed by atoms with Crippen LogP contribution in [0.4, 0.5) is 11.4 Å². The molecular formula is C24H29N3O5S. The number of anilines is 2. The zero-order valence-corrected chi connectivity index (χ0v) is 20.1. The van der Waals surface area contributed by atoms with Gasteiger partial charge in [0.15, 0.2) is 0 Å². The van der Waals surface area contributed by atoms with Crippen LogP contribution in [0.2, 0.25) is 0 Å². The highest BCUT2D eigenvalue weighted by molar-refractivity contribution is 7.89. The minimum absolute atomic E-state index is 0.0701. The minimum Gasteiger partial charge on any atom is -0.497 e. The van der Waals surface area contributed by atoms with Gasteiger partial charge in [-0.1, -0.05) is 6.07 Å². The van der Waals surface area contributed by atoms with Gasteiger partial charge >= 0.3 is 0 Å². The molecular weight excluding hydrogens is 442 g/mol. The zero-order chi connectivity index (χ0) is 24.0. The summed E-state index contributed by atoms with van der Waals surface area (Å²) in [7, 11) is -0.566. The molecule has 2 aromatic rings. The van der Waals surface area contributed by atoms with E-state index in [-0.39, 0.29) is 23.3 Å². The van der Waals surface area contributed by atoms with E-state index in [0.717, 1.165) is 5.69 Å². The first-order valence-corrected chi connectivity index (χ1v) is 12.4. The SMILES string of the molecule is COc1cccc(NC(=O)C2CCCN(S(=O)(=O)c3ccc4c(c3)C(C)(C)C(=O)N4C)C2)c1. The molecule has 176 valence electrons. The summed E-state index contributed by atoms with van der Waals surface area (Å²) in [6.45, 7) is 4.06. The highest BCUT2D eigenvalue weighted by atomic mass is 32.2. The number of nitrogens with one attached hydrogen (secondary N) is 1. The molecule has 1 N–H and O–H groups in total. The van der Waals surface area contributed by atoms with Crippen LogP contribution in [-0.4, -0.2) is 51.8 Å². The zero-order valence-electron chi connectivity index (χ0n) is 19.3. The fraction of sp³-hybridized carbons (Fsp3) is 0.417. The third kappa shape index (κ3) is 4.11. The predicted octanol–water partition coefficient (Wildman–Crippen LogP) is 2.99. The summed E-state index contributed by atoms with van der Waals surface area (Å²) in [6, 6.07) is 11.9. The van der Waals surface area contributed by atoms with Gasteiger partial charge in [-0.2, -0.15) is 4.31 Å². The number of hydrogen-bond donors (Lipinski definition) is 1. The number of sulfonamides is 1. The Balaban J connectivity index is 1.54. The standard InChI is InChI=1S/C24H29N3O5S/c1-24(2)20-14-19(10-11-21(20)26(3)23(24)29)33(30,31)27-12-6-7-16(15-27)22(28)25-17-8-5-9-18(13-17)32-4/h5,8-11,13-14,16H,6-7,12,15H2,1-4H3,(H,25,28). The molecule has 1 unspecified atom stereocenters. The van der Waals surface area contributed by atoms with Crippen molar-refractivity contribution in [3.05, 3.63) is 48.0 Å². The Morgan fingerprint density at radius 1 is 1.18 bits per heavy atom. The van der Waals surface area contributed by atoms with Gasteiger partial charge in [0, 0.05) is 37.6 Å². The average molecular weight is 472 g/mol. The third-order valence-electron chi connectivity index (χ3n) is 6.57. The van der Waals surface area contributed by atoms with Crippen molar-refractivity contribution in [2.24, 2.45) is 5.92 Å². The van der Waals surface area contributed by atoms with Gasteiger partial charge < -0.3 is 15.0 Å². The van der Waals surface area contributed by atoms with Gasteiger partial charge in [0.2, 0.25) is 21.8 Å². The van der Waals surface area contributed by atoms with E-state index in [1.54, 1.807) is 75.4 Å². The van der Waals surface area contributed by atoms with Gasteiger partial charge in [0.1, 0.15) is 5.75 Å². The number of carbonyl (C=O) groups is 2. The molecule has 9 heteroatoms. The van der Waals surface area contributed by atoms with E-state index in [2.05, 4.69) is 5.32 Å². The maximum atomic E-state index is 13.5. The molecule has 1 atom stereocenters. The largest absolute Gasteiger partial charge is 0.497 e. The number of nitrogens with zero attached hydrogens (tertiary/aromatic N) is 2. The monoisotopic (exact) mass is 471 g/mol. The van der Waals surface area contributed by atoms with Crippen molar-refractivity contribution < 1.29 is 22.7 Å². The summed E-state index contributed by atoms with van der Waals surface area (Å²) in [4.78, 5) is 27.1. The van der Waals surface area contributed by atoms with E-state index < -0.39 is 21.4 Å². The molecule has 0 radical (unpaired) electrons. The number of hydrogen-bond acceptors (Lipinski definition) is 5. The lowest BCUT2D eigenvalue weighted by Gasteiger charge is -2.31. The molecule has 0 aromatic heterocycles. The van der Waals surface area contributed by atoms with Gasteiger partial charge in [-0.25, -0.2) is 8.42 Å². The summed E-state index contributed by atoms with van der Waals surface area (Å²) in [6.07, 6.45) is 1.20. The van der Waals surface area contributed by atoms with Crippen molar-refractivity contribution in [3.63, 3.8) is 0 Å². The highest BCUT2D eigenvalue weighted by Crippen LogP contribution is 2.42.